The molecule has 3 aromatic rings. The molecule has 0 atom stereocenters. The molecule has 2 heterocycles. The molecule has 0 saturated heterocycles. The first-order valence-corrected chi connectivity index (χ1v) is 9.12. The predicted octanol–water partition coefficient (Wildman–Crippen LogP) is 3.06. The molecule has 148 valence electrons. The molecule has 3 N–H and O–H groups in total. The predicted molar refractivity (Wildman–Crippen MR) is 106 cm³/mol. The smallest absolute Gasteiger partial charge is 0.319 e. The van der Waals surface area contributed by atoms with Crippen LogP contribution in [0.1, 0.15) is 21.7 Å². The molecule has 2 aromatic carbocycles. The van der Waals surface area contributed by atoms with Crippen LogP contribution in [0.4, 0.5) is 20.6 Å². The molecule has 3 amide bonds. The Hall–Kier alpha value is -3.46. The third kappa shape index (κ3) is 3.40. The fourth-order valence-electron chi connectivity index (χ4n) is 3.30. The maximum atomic E-state index is 14.2. The highest BCUT2D eigenvalue weighted by Crippen LogP contribution is 2.31. The number of benzene rings is 2. The van der Waals surface area contributed by atoms with Gasteiger partial charge in [-0.05, 0) is 49.2 Å². The number of primary amides is 1. The Balaban J connectivity index is 1.60. The number of nitrogens with one attached hydrogen (secondary N) is 1. The van der Waals surface area contributed by atoms with Gasteiger partial charge in [0.15, 0.2) is 5.69 Å². The monoisotopic (exact) mass is 414 g/mol. The number of nitrogens with two attached hydrogens (primary N) is 1. The summed E-state index contributed by atoms with van der Waals surface area (Å²) in [5.41, 5.74) is 8.06. The average molecular weight is 415 g/mol. The number of halogens is 2. The summed E-state index contributed by atoms with van der Waals surface area (Å²) in [7, 11) is 0. The number of carbonyl (C=O) groups excluding carboxylic acids is 2. The van der Waals surface area contributed by atoms with Crippen molar-refractivity contribution in [2.24, 2.45) is 5.73 Å². The van der Waals surface area contributed by atoms with Crippen molar-refractivity contribution < 1.29 is 14.0 Å². The van der Waals surface area contributed by atoms with E-state index in [1.165, 1.54) is 21.7 Å². The van der Waals surface area contributed by atoms with Gasteiger partial charge in [-0.1, -0.05) is 22.9 Å². The van der Waals surface area contributed by atoms with Gasteiger partial charge >= 0.3 is 6.03 Å². The summed E-state index contributed by atoms with van der Waals surface area (Å²) in [6.45, 7) is 2.11. The first-order chi connectivity index (χ1) is 13.8. The van der Waals surface area contributed by atoms with Crippen molar-refractivity contribution >= 4 is 34.9 Å². The Morgan fingerprint density at radius 2 is 2.00 bits per heavy atom. The number of carbonyl (C=O) groups is 2. The van der Waals surface area contributed by atoms with Crippen molar-refractivity contribution in [2.75, 3.05) is 16.8 Å². The van der Waals surface area contributed by atoms with Gasteiger partial charge in [-0.3, -0.25) is 9.69 Å². The van der Waals surface area contributed by atoms with Crippen LogP contribution in [0.2, 0.25) is 5.02 Å². The SMILES string of the molecule is Cc1c(C(=O)Nc2ccc3c(c2)N(C(N)=O)CC3)nnn1-c1ccc(Cl)cc1F. The number of hydrogen-bond acceptors (Lipinski definition) is 4. The summed E-state index contributed by atoms with van der Waals surface area (Å²) >= 11 is 5.78. The van der Waals surface area contributed by atoms with Crippen LogP contribution in [0.3, 0.4) is 0 Å². The highest BCUT2D eigenvalue weighted by atomic mass is 35.5. The third-order valence-corrected chi connectivity index (χ3v) is 4.99. The molecule has 10 heteroatoms. The molecule has 1 aliphatic heterocycles. The van der Waals surface area contributed by atoms with E-state index >= 15 is 0 Å². The molecular weight excluding hydrogens is 399 g/mol. The molecule has 0 fully saturated rings. The number of fused-ring (bicyclic) bond motifs is 1. The molecule has 8 nitrogen and oxygen atoms in total. The largest absolute Gasteiger partial charge is 0.351 e. The lowest BCUT2D eigenvalue weighted by Gasteiger charge is -2.15. The first-order valence-electron chi connectivity index (χ1n) is 8.74. The van der Waals surface area contributed by atoms with Gasteiger partial charge in [0.1, 0.15) is 11.5 Å². The number of anilines is 2. The maximum Gasteiger partial charge on any atom is 0.319 e. The average Bonchev–Trinajstić information content (AvgIpc) is 3.25. The minimum absolute atomic E-state index is 0.0478. The van der Waals surface area contributed by atoms with Gasteiger partial charge in [0.25, 0.3) is 5.91 Å². The minimum Gasteiger partial charge on any atom is -0.351 e. The molecule has 1 aromatic heterocycles. The molecule has 0 radical (unpaired) electrons. The first kappa shape index (κ1) is 18.9. The van der Waals surface area contributed by atoms with Crippen LogP contribution in [0.5, 0.6) is 0 Å². The summed E-state index contributed by atoms with van der Waals surface area (Å²) in [5, 5.41) is 10.8. The van der Waals surface area contributed by atoms with E-state index in [9.17, 15) is 14.0 Å². The van der Waals surface area contributed by atoms with E-state index in [-0.39, 0.29) is 16.4 Å². The topological polar surface area (TPSA) is 106 Å². The third-order valence-electron chi connectivity index (χ3n) is 4.75. The number of hydrogen-bond donors (Lipinski definition) is 2. The Kier molecular flexibility index (Phi) is 4.67. The van der Waals surface area contributed by atoms with E-state index in [0.29, 0.717) is 30.0 Å². The Morgan fingerprint density at radius 3 is 2.72 bits per heavy atom. The van der Waals surface area contributed by atoms with Crippen LogP contribution >= 0.6 is 11.6 Å². The van der Waals surface area contributed by atoms with E-state index in [1.807, 2.05) is 6.07 Å². The Bertz CT molecular complexity index is 1150. The second-order valence-corrected chi connectivity index (χ2v) is 7.00. The van der Waals surface area contributed by atoms with Crippen molar-refractivity contribution in [2.45, 2.75) is 13.3 Å². The number of amides is 3. The highest BCUT2D eigenvalue weighted by Gasteiger charge is 2.24. The lowest BCUT2D eigenvalue weighted by molar-refractivity contribution is 0.102. The number of rotatable bonds is 3. The zero-order valence-corrected chi connectivity index (χ0v) is 16.1. The van der Waals surface area contributed by atoms with E-state index in [0.717, 1.165) is 11.6 Å². The van der Waals surface area contributed by atoms with Crippen LogP contribution in [-0.2, 0) is 6.42 Å². The molecule has 4 rings (SSSR count). The maximum absolute atomic E-state index is 14.2. The molecule has 0 bridgehead atoms. The standard InChI is InChI=1S/C19H16ClFN6O2/c1-10-17(24-25-27(10)15-5-3-12(20)8-14(15)21)18(28)23-13-4-2-11-6-7-26(19(22)29)16(11)9-13/h2-5,8-9H,6-7H2,1H3,(H2,22,29)(H,23,28). The van der Waals surface area contributed by atoms with Crippen molar-refractivity contribution in [1.29, 1.82) is 0 Å². The molecule has 1 aliphatic rings. The lowest BCUT2D eigenvalue weighted by atomic mass is 10.1. The van der Waals surface area contributed by atoms with E-state index < -0.39 is 17.8 Å². The van der Waals surface area contributed by atoms with Gasteiger partial charge in [0.05, 0.1) is 11.4 Å². The molecule has 0 unspecified atom stereocenters. The van der Waals surface area contributed by atoms with Crippen molar-refractivity contribution in [3.63, 3.8) is 0 Å². The normalized spacial score (nSPS) is 12.7. The molecule has 0 aliphatic carbocycles. The van der Waals surface area contributed by atoms with Gasteiger partial charge in [-0.15, -0.1) is 5.10 Å². The summed E-state index contributed by atoms with van der Waals surface area (Å²) in [5.74, 6) is -1.09. The lowest BCUT2D eigenvalue weighted by Crippen LogP contribution is -2.34. The highest BCUT2D eigenvalue weighted by molar-refractivity contribution is 6.30. The van der Waals surface area contributed by atoms with Crippen molar-refractivity contribution in [3.8, 4) is 5.69 Å². The van der Waals surface area contributed by atoms with Gasteiger partial charge in [-0.25, -0.2) is 13.9 Å². The summed E-state index contributed by atoms with van der Waals surface area (Å²) < 4.78 is 15.4. The molecular formula is C19H16ClFN6O2. The second kappa shape index (κ2) is 7.17. The molecule has 0 spiro atoms. The Labute approximate surface area is 170 Å². The van der Waals surface area contributed by atoms with E-state index in [1.54, 1.807) is 19.1 Å². The summed E-state index contributed by atoms with van der Waals surface area (Å²) in [6.07, 6.45) is 0.701. The van der Waals surface area contributed by atoms with Crippen molar-refractivity contribution in [1.82, 2.24) is 15.0 Å². The number of nitrogens with zero attached hydrogens (tertiary/aromatic N) is 4. The number of aromatic nitrogens is 3. The number of urea groups is 1. The zero-order chi connectivity index (χ0) is 20.7. The van der Waals surface area contributed by atoms with Crippen LogP contribution in [0.25, 0.3) is 5.69 Å². The molecule has 0 saturated carbocycles. The van der Waals surface area contributed by atoms with Crippen LogP contribution < -0.4 is 16.0 Å². The van der Waals surface area contributed by atoms with Crippen molar-refractivity contribution in [3.05, 3.63) is 64.2 Å². The van der Waals surface area contributed by atoms with Gasteiger partial charge in [-0.2, -0.15) is 0 Å². The van der Waals surface area contributed by atoms with Gasteiger partial charge < -0.3 is 11.1 Å². The molecule has 29 heavy (non-hydrogen) atoms. The second-order valence-electron chi connectivity index (χ2n) is 6.57. The fourth-order valence-corrected chi connectivity index (χ4v) is 3.46. The van der Waals surface area contributed by atoms with Gasteiger partial charge in [0, 0.05) is 17.3 Å². The fraction of sp³-hybridized carbons (Fsp3) is 0.158. The summed E-state index contributed by atoms with van der Waals surface area (Å²) in [6, 6.07) is 8.85. The van der Waals surface area contributed by atoms with E-state index in [2.05, 4.69) is 15.6 Å². The van der Waals surface area contributed by atoms with Gasteiger partial charge in [0.2, 0.25) is 0 Å². The van der Waals surface area contributed by atoms with Crippen LogP contribution in [-0.4, -0.2) is 33.5 Å². The zero-order valence-electron chi connectivity index (χ0n) is 15.3. The van der Waals surface area contributed by atoms with Crippen LogP contribution in [0, 0.1) is 12.7 Å². The Morgan fingerprint density at radius 1 is 1.21 bits per heavy atom. The minimum atomic E-state index is -0.581. The van der Waals surface area contributed by atoms with Crippen LogP contribution in [0.15, 0.2) is 36.4 Å². The quantitative estimate of drug-likeness (QED) is 0.686. The summed E-state index contributed by atoms with van der Waals surface area (Å²) in [4.78, 5) is 25.7. The van der Waals surface area contributed by atoms with E-state index in [4.69, 9.17) is 17.3 Å².